The second-order valence-corrected chi connectivity index (χ2v) is 9.20. The summed E-state index contributed by atoms with van der Waals surface area (Å²) in [7, 11) is 0. The lowest BCUT2D eigenvalue weighted by molar-refractivity contribution is -0.645. The molecule has 9 heteroatoms. The molecular formula is C29H30N6O3. The van der Waals surface area contributed by atoms with E-state index in [1.165, 1.54) is 19.3 Å². The first-order valence-electron chi connectivity index (χ1n) is 13.0. The molecule has 5 aromatic rings. The fourth-order valence-electron chi connectivity index (χ4n) is 4.42. The van der Waals surface area contributed by atoms with Gasteiger partial charge in [-0.15, -0.1) is 4.85 Å². The number of carbonyl (C=O) groups is 1. The van der Waals surface area contributed by atoms with Gasteiger partial charge in [0.15, 0.2) is 0 Å². The fraction of sp³-hybridized carbons (Fsp3) is 0.276. The van der Waals surface area contributed by atoms with Crippen LogP contribution in [0.5, 0.6) is 5.75 Å². The van der Waals surface area contributed by atoms with E-state index in [0.29, 0.717) is 28.0 Å². The van der Waals surface area contributed by atoms with Crippen LogP contribution in [0.1, 0.15) is 48.9 Å². The topological polar surface area (TPSA) is 102 Å². The molecule has 0 fully saturated rings. The lowest BCUT2D eigenvalue weighted by atomic mass is 10.0. The van der Waals surface area contributed by atoms with Gasteiger partial charge in [0.05, 0.1) is 12.2 Å². The van der Waals surface area contributed by atoms with Crippen molar-refractivity contribution in [3.05, 3.63) is 96.2 Å². The van der Waals surface area contributed by atoms with E-state index in [-0.39, 0.29) is 5.91 Å². The molecule has 2 aromatic heterocycles. The number of rotatable bonds is 12. The Morgan fingerprint density at radius 3 is 2.26 bits per heavy atom. The van der Waals surface area contributed by atoms with E-state index in [1.807, 2.05) is 41.1 Å². The third-order valence-corrected chi connectivity index (χ3v) is 6.52. The summed E-state index contributed by atoms with van der Waals surface area (Å²) in [5.74, 6) is 0.503. The zero-order valence-corrected chi connectivity index (χ0v) is 21.1. The minimum atomic E-state index is -0.349. The summed E-state index contributed by atoms with van der Waals surface area (Å²) in [5.41, 5.74) is 3.31. The molecule has 0 radical (unpaired) electrons. The van der Waals surface area contributed by atoms with Gasteiger partial charge in [0.25, 0.3) is 0 Å². The highest BCUT2D eigenvalue weighted by Gasteiger charge is 2.22. The van der Waals surface area contributed by atoms with Crippen molar-refractivity contribution < 1.29 is 14.4 Å². The standard InChI is InChI=1S/C29H30N6O3/c36-29(34-27-9-5-6-10-28(27)35(37)32-34)25-13-11-23(12-14-25)24-15-17-26(18-16-24)38-20-8-4-2-1-3-7-19-33-22-30-21-31-33/h5-6,9-18,21-22H,1-4,7-8,19-20H2. The molecule has 3 aromatic carbocycles. The molecule has 38 heavy (non-hydrogen) atoms. The number of benzene rings is 3. The molecule has 0 atom stereocenters. The third-order valence-electron chi connectivity index (χ3n) is 6.52. The van der Waals surface area contributed by atoms with Crippen molar-refractivity contribution in [1.29, 1.82) is 0 Å². The largest absolute Gasteiger partial charge is 0.691 e. The normalized spacial score (nSPS) is 11.2. The maximum atomic E-state index is 12.9. The number of carbonyl (C=O) groups excluding carboxylic acids is 1. The lowest BCUT2D eigenvalue weighted by Gasteiger charge is -2.08. The van der Waals surface area contributed by atoms with Crippen molar-refractivity contribution in [2.75, 3.05) is 6.61 Å². The van der Waals surface area contributed by atoms with Crippen LogP contribution >= 0.6 is 0 Å². The van der Waals surface area contributed by atoms with Crippen LogP contribution in [0.2, 0.25) is 0 Å². The Balaban J connectivity index is 1.06. The number of nitrogens with zero attached hydrogens (tertiary/aromatic N) is 6. The van der Waals surface area contributed by atoms with E-state index in [9.17, 15) is 10.0 Å². The van der Waals surface area contributed by atoms with E-state index in [4.69, 9.17) is 4.74 Å². The highest BCUT2D eigenvalue weighted by molar-refractivity contribution is 5.99. The Labute approximate surface area is 220 Å². The molecule has 0 bridgehead atoms. The Morgan fingerprint density at radius 1 is 0.842 bits per heavy atom. The predicted molar refractivity (Wildman–Crippen MR) is 144 cm³/mol. The summed E-state index contributed by atoms with van der Waals surface area (Å²) in [6, 6.07) is 22.1. The van der Waals surface area contributed by atoms with Gasteiger partial charge in [-0.05, 0) is 60.4 Å². The Bertz CT molecular complexity index is 1460. The van der Waals surface area contributed by atoms with Crippen LogP contribution < -0.4 is 9.58 Å². The van der Waals surface area contributed by atoms with Crippen LogP contribution in [0.25, 0.3) is 22.2 Å². The number of hydrogen-bond acceptors (Lipinski definition) is 6. The highest BCUT2D eigenvalue weighted by atomic mass is 16.5. The van der Waals surface area contributed by atoms with Crippen molar-refractivity contribution >= 4 is 16.9 Å². The van der Waals surface area contributed by atoms with Gasteiger partial charge in [0.1, 0.15) is 23.6 Å². The van der Waals surface area contributed by atoms with E-state index in [0.717, 1.165) is 47.4 Å². The molecule has 0 N–H and O–H groups in total. The molecule has 0 unspecified atom stereocenters. The molecule has 2 heterocycles. The number of para-hydroxylation sites is 2. The van der Waals surface area contributed by atoms with Crippen LogP contribution in [0, 0.1) is 5.21 Å². The van der Waals surface area contributed by atoms with Gasteiger partial charge >= 0.3 is 5.91 Å². The molecule has 0 spiro atoms. The van der Waals surface area contributed by atoms with Crippen molar-refractivity contribution in [2.24, 2.45) is 0 Å². The van der Waals surface area contributed by atoms with Gasteiger partial charge in [-0.1, -0.05) is 66.8 Å². The molecule has 0 saturated carbocycles. The van der Waals surface area contributed by atoms with Gasteiger partial charge in [0.2, 0.25) is 11.0 Å². The Hall–Kier alpha value is -4.53. The maximum Gasteiger partial charge on any atom is 0.366 e. The number of ether oxygens (including phenoxy) is 1. The quantitative estimate of drug-likeness (QED) is 0.132. The summed E-state index contributed by atoms with van der Waals surface area (Å²) in [6.07, 6.45) is 10.3. The van der Waals surface area contributed by atoms with Gasteiger partial charge in [0, 0.05) is 6.54 Å². The molecule has 9 nitrogen and oxygen atoms in total. The summed E-state index contributed by atoms with van der Waals surface area (Å²) >= 11 is 0. The van der Waals surface area contributed by atoms with Crippen LogP contribution in [0.15, 0.2) is 85.5 Å². The highest BCUT2D eigenvalue weighted by Crippen LogP contribution is 2.23. The Morgan fingerprint density at radius 2 is 1.53 bits per heavy atom. The fourth-order valence-corrected chi connectivity index (χ4v) is 4.42. The van der Waals surface area contributed by atoms with E-state index in [2.05, 4.69) is 15.3 Å². The van der Waals surface area contributed by atoms with Gasteiger partial charge < -0.3 is 9.94 Å². The van der Waals surface area contributed by atoms with Crippen molar-refractivity contribution in [1.82, 2.24) is 24.7 Å². The Kier molecular flexibility index (Phi) is 8.03. The van der Waals surface area contributed by atoms with Gasteiger partial charge in [-0.25, -0.2) is 9.78 Å². The van der Waals surface area contributed by atoms with Gasteiger partial charge in [-0.2, -0.15) is 5.10 Å². The first-order valence-corrected chi connectivity index (χ1v) is 13.0. The third kappa shape index (κ3) is 6.05. The van der Waals surface area contributed by atoms with Crippen molar-refractivity contribution in [3.8, 4) is 16.9 Å². The number of aryl methyl sites for hydroxylation is 1. The average Bonchev–Trinajstić information content (AvgIpc) is 3.60. The van der Waals surface area contributed by atoms with Crippen LogP contribution in [-0.2, 0) is 6.54 Å². The molecule has 0 aliphatic heterocycles. The number of hydrogen-bond donors (Lipinski definition) is 0. The summed E-state index contributed by atoms with van der Waals surface area (Å²) in [5, 5.41) is 19.9. The monoisotopic (exact) mass is 510 g/mol. The second-order valence-electron chi connectivity index (χ2n) is 9.20. The second kappa shape index (κ2) is 12.1. The molecule has 0 amide bonds. The predicted octanol–water partition coefficient (Wildman–Crippen LogP) is 5.04. The van der Waals surface area contributed by atoms with Crippen molar-refractivity contribution in [2.45, 2.75) is 45.1 Å². The number of fused-ring (bicyclic) bond motifs is 1. The first-order chi connectivity index (χ1) is 18.7. The first kappa shape index (κ1) is 25.1. The molecule has 0 saturated heterocycles. The molecular weight excluding hydrogens is 480 g/mol. The smallest absolute Gasteiger partial charge is 0.366 e. The van der Waals surface area contributed by atoms with E-state index >= 15 is 0 Å². The maximum absolute atomic E-state index is 12.9. The lowest BCUT2D eigenvalue weighted by Crippen LogP contribution is -2.31. The van der Waals surface area contributed by atoms with Gasteiger partial charge in [-0.3, -0.25) is 4.68 Å². The molecule has 0 aliphatic rings. The minimum absolute atomic E-state index is 0.349. The summed E-state index contributed by atoms with van der Waals surface area (Å²) < 4.78 is 8.93. The van der Waals surface area contributed by atoms with E-state index in [1.54, 1.807) is 49.1 Å². The minimum Gasteiger partial charge on any atom is -0.691 e. The van der Waals surface area contributed by atoms with Crippen LogP contribution in [0.4, 0.5) is 0 Å². The summed E-state index contributed by atoms with van der Waals surface area (Å²) in [6.45, 7) is 1.65. The average molecular weight is 511 g/mol. The van der Waals surface area contributed by atoms with Crippen LogP contribution in [-0.4, -0.2) is 37.2 Å². The zero-order chi connectivity index (χ0) is 26.2. The molecule has 0 aliphatic carbocycles. The SMILES string of the molecule is O=C(c1ccc(-c2ccc(OCCCCCCCCn3cncn3)cc2)cc1)n1n[n+]([O-])c2ccccc21. The molecule has 5 rings (SSSR count). The van der Waals surface area contributed by atoms with Crippen LogP contribution in [0.3, 0.4) is 0 Å². The van der Waals surface area contributed by atoms with Crippen molar-refractivity contribution in [3.63, 3.8) is 0 Å². The summed E-state index contributed by atoms with van der Waals surface area (Å²) in [4.78, 5) is 17.4. The van der Waals surface area contributed by atoms with E-state index < -0.39 is 0 Å². The number of unbranched alkanes of at least 4 members (excludes halogenated alkanes) is 5. The molecule has 194 valence electrons. The number of aromatic nitrogens is 6. The zero-order valence-electron chi connectivity index (χ0n) is 21.1.